The molecule has 2 aliphatic rings. The molecule has 1 atom stereocenters. The summed E-state index contributed by atoms with van der Waals surface area (Å²) in [4.78, 5) is 20.7. The lowest BCUT2D eigenvalue weighted by atomic mass is 10.1. The molecule has 1 saturated heterocycles. The van der Waals surface area contributed by atoms with E-state index in [9.17, 15) is 9.18 Å². The van der Waals surface area contributed by atoms with E-state index < -0.39 is 0 Å². The van der Waals surface area contributed by atoms with Gasteiger partial charge in [0.2, 0.25) is 5.91 Å². The summed E-state index contributed by atoms with van der Waals surface area (Å²) in [6, 6.07) is 6.86. The molecule has 1 aromatic carbocycles. The van der Waals surface area contributed by atoms with Crippen LogP contribution in [0.2, 0.25) is 0 Å². The molecule has 9 heteroatoms. The maximum atomic E-state index is 14.7. The third-order valence-corrected chi connectivity index (χ3v) is 4.92. The Labute approximate surface area is 161 Å². The average Bonchev–Trinajstić information content (AvgIpc) is 3.38. The number of carbonyl (C=O) groups is 1. The summed E-state index contributed by atoms with van der Waals surface area (Å²) >= 11 is 0. The van der Waals surface area contributed by atoms with Crippen LogP contribution in [0, 0.1) is 5.82 Å². The number of nitrogens with one attached hydrogen (secondary N) is 2. The van der Waals surface area contributed by atoms with Gasteiger partial charge >= 0.3 is 0 Å². The molecule has 0 bridgehead atoms. The molecule has 2 aliphatic heterocycles. The standard InChI is InChI=1S/C19H22FN5O3/c1-13(26)24-5-7-25(8-6-24)18-3-2-14(10-16(18)20)17-11-15(28-22-17)12-21-19-4-9-27-23-19/h2-4,9-11,15,22H,5-8,12H2,1H3,(H,21,23). The quantitative estimate of drug-likeness (QED) is 0.810. The van der Waals surface area contributed by atoms with Crippen LogP contribution in [0.3, 0.4) is 0 Å². The van der Waals surface area contributed by atoms with Crippen LogP contribution in [0.4, 0.5) is 15.9 Å². The number of rotatable bonds is 5. The molecule has 28 heavy (non-hydrogen) atoms. The highest BCUT2D eigenvalue weighted by molar-refractivity contribution is 5.73. The van der Waals surface area contributed by atoms with Crippen molar-refractivity contribution in [2.75, 3.05) is 42.9 Å². The lowest BCUT2D eigenvalue weighted by Gasteiger charge is -2.35. The lowest BCUT2D eigenvalue weighted by Crippen LogP contribution is -2.48. The number of anilines is 2. The Morgan fingerprint density at radius 3 is 2.82 bits per heavy atom. The van der Waals surface area contributed by atoms with E-state index in [0.717, 1.165) is 5.70 Å². The number of hydrogen-bond acceptors (Lipinski definition) is 7. The van der Waals surface area contributed by atoms with Crippen molar-refractivity contribution < 1.29 is 18.5 Å². The summed E-state index contributed by atoms with van der Waals surface area (Å²) < 4.78 is 19.5. The van der Waals surface area contributed by atoms with Crippen LogP contribution < -0.4 is 15.7 Å². The highest BCUT2D eigenvalue weighted by atomic mass is 19.1. The van der Waals surface area contributed by atoms with Crippen molar-refractivity contribution in [2.24, 2.45) is 0 Å². The molecular formula is C19H22FN5O3. The summed E-state index contributed by atoms with van der Waals surface area (Å²) in [5, 5.41) is 6.87. The summed E-state index contributed by atoms with van der Waals surface area (Å²) in [6.07, 6.45) is 3.17. The van der Waals surface area contributed by atoms with Gasteiger partial charge in [-0.15, -0.1) is 0 Å². The molecular weight excluding hydrogens is 365 g/mol. The van der Waals surface area contributed by atoms with Gasteiger partial charge in [-0.2, -0.15) is 0 Å². The molecule has 0 radical (unpaired) electrons. The number of aromatic nitrogens is 1. The molecule has 1 fully saturated rings. The molecule has 1 aromatic heterocycles. The van der Waals surface area contributed by atoms with Gasteiger partial charge in [0.15, 0.2) is 5.82 Å². The predicted molar refractivity (Wildman–Crippen MR) is 102 cm³/mol. The summed E-state index contributed by atoms with van der Waals surface area (Å²) in [5.74, 6) is 0.397. The first-order valence-electron chi connectivity index (χ1n) is 9.18. The third-order valence-electron chi connectivity index (χ3n) is 4.92. The minimum absolute atomic E-state index is 0.0577. The fourth-order valence-electron chi connectivity index (χ4n) is 3.35. The number of amides is 1. The van der Waals surface area contributed by atoms with E-state index in [4.69, 9.17) is 9.36 Å². The molecule has 0 saturated carbocycles. The van der Waals surface area contributed by atoms with E-state index in [1.165, 1.54) is 12.3 Å². The fourth-order valence-corrected chi connectivity index (χ4v) is 3.35. The van der Waals surface area contributed by atoms with Crippen LogP contribution in [0.25, 0.3) is 5.70 Å². The number of nitrogens with zero attached hydrogens (tertiary/aromatic N) is 3. The zero-order valence-electron chi connectivity index (χ0n) is 15.5. The van der Waals surface area contributed by atoms with Gasteiger partial charge in [-0.1, -0.05) is 11.2 Å². The second-order valence-corrected chi connectivity index (χ2v) is 6.76. The Morgan fingerprint density at radius 1 is 1.32 bits per heavy atom. The van der Waals surface area contributed by atoms with Crippen molar-refractivity contribution in [1.82, 2.24) is 15.5 Å². The maximum absolute atomic E-state index is 14.7. The number of halogens is 1. The number of hydroxylamine groups is 1. The van der Waals surface area contributed by atoms with Crippen LogP contribution in [-0.4, -0.2) is 54.8 Å². The van der Waals surface area contributed by atoms with Crippen molar-refractivity contribution in [3.63, 3.8) is 0 Å². The highest BCUT2D eigenvalue weighted by Crippen LogP contribution is 2.26. The van der Waals surface area contributed by atoms with Crippen LogP contribution in [0.5, 0.6) is 0 Å². The Bertz CT molecular complexity index is 862. The molecule has 3 heterocycles. The Hall–Kier alpha value is -3.07. The van der Waals surface area contributed by atoms with Gasteiger partial charge in [0, 0.05) is 51.3 Å². The maximum Gasteiger partial charge on any atom is 0.219 e. The minimum Gasteiger partial charge on any atom is -0.366 e. The first-order valence-corrected chi connectivity index (χ1v) is 9.18. The molecule has 0 spiro atoms. The molecule has 148 valence electrons. The first-order chi connectivity index (χ1) is 13.6. The van der Waals surface area contributed by atoms with Crippen molar-refractivity contribution in [2.45, 2.75) is 13.0 Å². The molecule has 1 amide bonds. The molecule has 0 aliphatic carbocycles. The molecule has 4 rings (SSSR count). The molecule has 2 aromatic rings. The fraction of sp³-hybridized carbons (Fsp3) is 0.368. The zero-order valence-corrected chi connectivity index (χ0v) is 15.5. The van der Waals surface area contributed by atoms with E-state index in [2.05, 4.69) is 16.0 Å². The van der Waals surface area contributed by atoms with Crippen LogP contribution >= 0.6 is 0 Å². The van der Waals surface area contributed by atoms with Crippen LogP contribution in [0.15, 0.2) is 41.1 Å². The second kappa shape index (κ2) is 7.89. The van der Waals surface area contributed by atoms with E-state index in [1.807, 2.05) is 17.0 Å². The number of benzene rings is 1. The van der Waals surface area contributed by atoms with Gasteiger partial charge in [0.1, 0.15) is 18.2 Å². The molecule has 8 nitrogen and oxygen atoms in total. The molecule has 1 unspecified atom stereocenters. The van der Waals surface area contributed by atoms with Crippen molar-refractivity contribution in [1.29, 1.82) is 0 Å². The van der Waals surface area contributed by atoms with Gasteiger partial charge in [-0.25, -0.2) is 4.39 Å². The van der Waals surface area contributed by atoms with Gasteiger partial charge in [0.25, 0.3) is 0 Å². The van der Waals surface area contributed by atoms with E-state index in [0.29, 0.717) is 49.8 Å². The number of carbonyl (C=O) groups excluding carboxylic acids is 1. The molecule has 2 N–H and O–H groups in total. The van der Waals surface area contributed by atoms with Crippen LogP contribution in [0.1, 0.15) is 12.5 Å². The van der Waals surface area contributed by atoms with Gasteiger partial charge < -0.3 is 19.6 Å². The summed E-state index contributed by atoms with van der Waals surface area (Å²) in [7, 11) is 0. The van der Waals surface area contributed by atoms with Gasteiger partial charge in [0.05, 0.1) is 11.4 Å². The summed E-state index contributed by atoms with van der Waals surface area (Å²) in [6.45, 7) is 4.52. The monoisotopic (exact) mass is 387 g/mol. The Kier molecular flexibility index (Phi) is 5.16. The zero-order chi connectivity index (χ0) is 19.5. The largest absolute Gasteiger partial charge is 0.366 e. The van der Waals surface area contributed by atoms with E-state index in [1.54, 1.807) is 24.0 Å². The topological polar surface area (TPSA) is 82.9 Å². The number of piperazine rings is 1. The lowest BCUT2D eigenvalue weighted by molar-refractivity contribution is -0.129. The van der Waals surface area contributed by atoms with E-state index >= 15 is 0 Å². The highest BCUT2D eigenvalue weighted by Gasteiger charge is 2.22. The van der Waals surface area contributed by atoms with Gasteiger partial charge in [-0.05, 0) is 18.2 Å². The van der Waals surface area contributed by atoms with Gasteiger partial charge in [-0.3, -0.25) is 15.1 Å². The normalized spacial score (nSPS) is 19.4. The third kappa shape index (κ3) is 3.94. The smallest absolute Gasteiger partial charge is 0.219 e. The van der Waals surface area contributed by atoms with Crippen LogP contribution in [-0.2, 0) is 9.63 Å². The minimum atomic E-state index is -0.291. The SMILES string of the molecule is CC(=O)N1CCN(c2ccc(C3=CC(CNc4ccon4)ON3)cc2F)CC1. The Balaban J connectivity index is 1.39. The van der Waals surface area contributed by atoms with Crippen molar-refractivity contribution in [3.05, 3.63) is 48.0 Å². The first kappa shape index (κ1) is 18.3. The van der Waals surface area contributed by atoms with Crippen molar-refractivity contribution in [3.8, 4) is 0 Å². The Morgan fingerprint density at radius 2 is 2.14 bits per heavy atom. The predicted octanol–water partition coefficient (Wildman–Crippen LogP) is 1.84. The number of hydrogen-bond donors (Lipinski definition) is 2. The average molecular weight is 387 g/mol. The second-order valence-electron chi connectivity index (χ2n) is 6.76. The van der Waals surface area contributed by atoms with Crippen molar-refractivity contribution >= 4 is 23.1 Å². The summed E-state index contributed by atoms with van der Waals surface area (Å²) in [5.41, 5.74) is 4.84. The van der Waals surface area contributed by atoms with E-state index in [-0.39, 0.29) is 17.8 Å².